The Morgan fingerprint density at radius 2 is 1.89 bits per heavy atom. The Morgan fingerprint density at radius 3 is 2.43 bits per heavy atom. The van der Waals surface area contributed by atoms with E-state index in [2.05, 4.69) is 17.2 Å². The Kier molecular flexibility index (Phi) is 8.97. The average Bonchev–Trinajstić information content (AvgIpc) is 3.24. The van der Waals surface area contributed by atoms with Crippen LogP contribution in [0.1, 0.15) is 58.6 Å². The second-order valence-electron chi connectivity index (χ2n) is 13.0. The van der Waals surface area contributed by atoms with Gasteiger partial charge in [-0.05, 0) is 44.7 Å². The normalized spacial score (nSPS) is 24.8. The molecule has 2 heterocycles. The van der Waals surface area contributed by atoms with Crippen molar-refractivity contribution < 1.29 is 43.4 Å². The quantitative estimate of drug-likeness (QED) is 0.196. The van der Waals surface area contributed by atoms with Gasteiger partial charge in [0.2, 0.25) is 11.8 Å². The topological polar surface area (TPSA) is 169 Å². The fraction of sp³-hybridized carbons (Fsp3) is 0.567. The van der Waals surface area contributed by atoms with Crippen molar-refractivity contribution in [2.75, 3.05) is 6.54 Å². The molecule has 1 aromatic rings. The highest BCUT2D eigenvalue weighted by Crippen LogP contribution is 2.45. The summed E-state index contributed by atoms with van der Waals surface area (Å²) >= 11 is 0. The van der Waals surface area contributed by atoms with Crippen molar-refractivity contribution in [2.45, 2.75) is 89.8 Å². The van der Waals surface area contributed by atoms with E-state index in [1.165, 1.54) is 17.0 Å². The highest BCUT2D eigenvalue weighted by atomic mass is 19.1. The van der Waals surface area contributed by atoms with Gasteiger partial charge in [-0.1, -0.05) is 32.1 Å². The second-order valence-corrected chi connectivity index (χ2v) is 13.0. The minimum absolute atomic E-state index is 0.0119. The standard InChI is InChI=1S/C30H40FN5O8/c1-7-18-12-30(18,26(39)40)32-24(37)22-11-19(44-28(42)34-13-17-9-8-10-21(31)20(17)15-34)14-35(22)25(38)23(16(2)3)36(43)27(41)33-29(4,5)6/h7-10,16,18-19,22-23,43H,1,11-15H2,2-6H3,(H,32,37)(H,33,41)(H,39,40)/t18-,19-,22+,23?,30?/m1/s1. The number of hydrogen-bond donors (Lipinski definition) is 4. The van der Waals surface area contributed by atoms with E-state index in [0.717, 1.165) is 4.90 Å². The third-order valence-electron chi connectivity index (χ3n) is 8.17. The van der Waals surface area contributed by atoms with Gasteiger partial charge in [0.05, 0.1) is 13.1 Å². The Morgan fingerprint density at radius 1 is 1.20 bits per heavy atom. The zero-order chi connectivity index (χ0) is 32.7. The van der Waals surface area contributed by atoms with E-state index in [0.29, 0.717) is 11.1 Å². The van der Waals surface area contributed by atoms with E-state index in [4.69, 9.17) is 4.74 Å². The number of nitrogens with one attached hydrogen (secondary N) is 2. The van der Waals surface area contributed by atoms with Gasteiger partial charge in [0.1, 0.15) is 29.5 Å². The molecule has 4 N–H and O–H groups in total. The first-order valence-electron chi connectivity index (χ1n) is 14.5. The number of carboxylic acid groups (broad SMARTS) is 1. The maximum atomic E-state index is 14.2. The summed E-state index contributed by atoms with van der Waals surface area (Å²) in [5.74, 6) is -4.40. The van der Waals surface area contributed by atoms with Crippen LogP contribution in [0.15, 0.2) is 30.9 Å². The molecule has 2 fully saturated rings. The van der Waals surface area contributed by atoms with Crippen LogP contribution in [-0.2, 0) is 32.2 Å². The largest absolute Gasteiger partial charge is 0.479 e. The number of hydrogen-bond acceptors (Lipinski definition) is 7. The number of fused-ring (bicyclic) bond motifs is 1. The van der Waals surface area contributed by atoms with E-state index < -0.39 is 76.8 Å². The number of carbonyl (C=O) groups excluding carboxylic acids is 4. The van der Waals surface area contributed by atoms with Crippen molar-refractivity contribution in [3.63, 3.8) is 0 Å². The minimum atomic E-state index is -1.58. The van der Waals surface area contributed by atoms with Gasteiger partial charge in [0, 0.05) is 30.0 Å². The summed E-state index contributed by atoms with van der Waals surface area (Å²) in [6, 6.07) is 0.923. The lowest BCUT2D eigenvalue weighted by Gasteiger charge is -2.35. The lowest BCUT2D eigenvalue weighted by molar-refractivity contribution is -0.158. The van der Waals surface area contributed by atoms with Crippen LogP contribution >= 0.6 is 0 Å². The number of carbonyl (C=O) groups is 5. The third kappa shape index (κ3) is 6.49. The molecule has 0 radical (unpaired) electrons. The molecular formula is C30H40FN5O8. The lowest BCUT2D eigenvalue weighted by Crippen LogP contribution is -2.59. The number of hydroxylamine groups is 2. The number of likely N-dealkylation sites (tertiary alicyclic amines) is 1. The van der Waals surface area contributed by atoms with Crippen LogP contribution in [-0.4, -0.2) is 90.9 Å². The number of nitrogens with zero attached hydrogens (tertiary/aromatic N) is 3. The van der Waals surface area contributed by atoms with Crippen molar-refractivity contribution in [1.82, 2.24) is 25.5 Å². The van der Waals surface area contributed by atoms with Crippen molar-refractivity contribution in [3.8, 4) is 0 Å². The Labute approximate surface area is 254 Å². The van der Waals surface area contributed by atoms with Gasteiger partial charge in [0.15, 0.2) is 0 Å². The fourth-order valence-corrected chi connectivity index (χ4v) is 5.77. The molecule has 240 valence electrons. The molecule has 0 spiro atoms. The van der Waals surface area contributed by atoms with Gasteiger partial charge in [-0.3, -0.25) is 19.7 Å². The van der Waals surface area contributed by atoms with Gasteiger partial charge < -0.3 is 25.4 Å². The second kappa shape index (κ2) is 12.1. The fourth-order valence-electron chi connectivity index (χ4n) is 5.77. The molecule has 44 heavy (non-hydrogen) atoms. The Balaban J connectivity index is 1.56. The smallest absolute Gasteiger partial charge is 0.410 e. The van der Waals surface area contributed by atoms with Gasteiger partial charge in [-0.15, -0.1) is 6.58 Å². The molecule has 1 saturated carbocycles. The summed E-state index contributed by atoms with van der Waals surface area (Å²) in [6.45, 7) is 11.8. The summed E-state index contributed by atoms with van der Waals surface area (Å²) in [4.78, 5) is 67.9. The molecule has 2 aliphatic heterocycles. The zero-order valence-electron chi connectivity index (χ0n) is 25.5. The molecule has 2 unspecified atom stereocenters. The molecule has 13 nitrogen and oxygen atoms in total. The molecule has 5 atom stereocenters. The molecule has 5 amide bonds. The van der Waals surface area contributed by atoms with Crippen LogP contribution in [0.2, 0.25) is 0 Å². The average molecular weight is 618 g/mol. The first kappa shape index (κ1) is 32.7. The number of urea groups is 1. The van der Waals surface area contributed by atoms with Crippen LogP contribution in [0.25, 0.3) is 0 Å². The molecular weight excluding hydrogens is 577 g/mol. The molecule has 4 rings (SSSR count). The molecule has 0 aromatic heterocycles. The number of carboxylic acids is 1. The number of aliphatic carboxylic acids is 1. The highest BCUT2D eigenvalue weighted by Gasteiger charge is 2.61. The van der Waals surface area contributed by atoms with Crippen molar-refractivity contribution in [3.05, 3.63) is 47.8 Å². The van der Waals surface area contributed by atoms with Gasteiger partial charge >= 0.3 is 18.1 Å². The molecule has 1 aromatic carbocycles. The molecule has 1 saturated heterocycles. The summed E-state index contributed by atoms with van der Waals surface area (Å²) in [6.07, 6.45) is -0.385. The first-order chi connectivity index (χ1) is 20.5. The monoisotopic (exact) mass is 617 g/mol. The predicted octanol–water partition coefficient (Wildman–Crippen LogP) is 2.62. The van der Waals surface area contributed by atoms with Gasteiger partial charge in [-0.2, -0.15) is 5.06 Å². The maximum Gasteiger partial charge on any atom is 0.410 e. The SMILES string of the molecule is C=C[C@@H]1CC1(NC(=O)[C@@H]1C[C@@H](OC(=O)N2Cc3cccc(F)c3C2)CN1C(=O)C(C(C)C)N(O)C(=O)NC(C)(C)C)C(=O)O. The van der Waals surface area contributed by atoms with E-state index in [1.807, 2.05) is 0 Å². The van der Waals surface area contributed by atoms with Crippen LogP contribution in [0.4, 0.5) is 14.0 Å². The molecule has 0 bridgehead atoms. The Bertz CT molecular complexity index is 1360. The molecule has 14 heteroatoms. The number of benzene rings is 1. The molecule has 3 aliphatic rings. The van der Waals surface area contributed by atoms with E-state index in [1.54, 1.807) is 46.8 Å². The number of halogens is 1. The van der Waals surface area contributed by atoms with Crippen molar-refractivity contribution >= 4 is 29.9 Å². The number of amides is 5. The van der Waals surface area contributed by atoms with Crippen LogP contribution < -0.4 is 10.6 Å². The summed E-state index contributed by atoms with van der Waals surface area (Å²) in [5, 5.41) is 26.1. The summed E-state index contributed by atoms with van der Waals surface area (Å²) in [7, 11) is 0. The third-order valence-corrected chi connectivity index (χ3v) is 8.17. The van der Waals surface area contributed by atoms with Crippen LogP contribution in [0, 0.1) is 17.7 Å². The summed E-state index contributed by atoms with van der Waals surface area (Å²) in [5.41, 5.74) is -1.30. The highest BCUT2D eigenvalue weighted by molar-refractivity contribution is 5.96. The minimum Gasteiger partial charge on any atom is -0.479 e. The van der Waals surface area contributed by atoms with Crippen LogP contribution in [0.3, 0.4) is 0 Å². The maximum absolute atomic E-state index is 14.2. The van der Waals surface area contributed by atoms with Gasteiger partial charge in [0.25, 0.3) is 0 Å². The molecule has 1 aliphatic carbocycles. The van der Waals surface area contributed by atoms with E-state index in [9.17, 15) is 38.7 Å². The van der Waals surface area contributed by atoms with Crippen LogP contribution in [0.5, 0.6) is 0 Å². The zero-order valence-corrected chi connectivity index (χ0v) is 25.5. The predicted molar refractivity (Wildman–Crippen MR) is 153 cm³/mol. The van der Waals surface area contributed by atoms with E-state index >= 15 is 0 Å². The number of rotatable bonds is 8. The summed E-state index contributed by atoms with van der Waals surface area (Å²) < 4.78 is 19.9. The van der Waals surface area contributed by atoms with Gasteiger partial charge in [-0.25, -0.2) is 18.8 Å². The lowest BCUT2D eigenvalue weighted by atomic mass is 10.0. The van der Waals surface area contributed by atoms with Crippen molar-refractivity contribution in [1.29, 1.82) is 0 Å². The van der Waals surface area contributed by atoms with E-state index in [-0.39, 0.29) is 37.5 Å². The number of ether oxygens (including phenoxy) is 1. The first-order valence-corrected chi connectivity index (χ1v) is 14.5. The van der Waals surface area contributed by atoms with Crippen molar-refractivity contribution in [2.24, 2.45) is 11.8 Å². The Hall–Kier alpha value is -4.20.